The molecular weight excluding hydrogens is 316 g/mol. The van der Waals surface area contributed by atoms with Gasteiger partial charge in [0.05, 0.1) is 18.1 Å². The van der Waals surface area contributed by atoms with Gasteiger partial charge < -0.3 is 9.73 Å². The molecule has 120 valence electrons. The summed E-state index contributed by atoms with van der Waals surface area (Å²) in [6.07, 6.45) is 0. The third-order valence-electron chi connectivity index (χ3n) is 3.39. The van der Waals surface area contributed by atoms with Crippen molar-refractivity contribution in [3.05, 3.63) is 17.6 Å². The molecule has 0 spiro atoms. The van der Waals surface area contributed by atoms with Gasteiger partial charge in [0.2, 0.25) is 10.0 Å². The third-order valence-corrected chi connectivity index (χ3v) is 7.01. The van der Waals surface area contributed by atoms with Gasteiger partial charge in [0.15, 0.2) is 9.84 Å². The Balaban J connectivity index is 2.22. The van der Waals surface area contributed by atoms with E-state index in [2.05, 4.69) is 5.32 Å². The first kappa shape index (κ1) is 16.5. The number of aryl methyl sites for hydroxylation is 1. The summed E-state index contributed by atoms with van der Waals surface area (Å²) in [6.45, 7) is 4.76. The fourth-order valence-corrected chi connectivity index (χ4v) is 5.25. The number of hydrogen-bond acceptors (Lipinski definition) is 6. The normalized spacial score (nSPS) is 19.7. The Bertz CT molecular complexity index is 692. The van der Waals surface area contributed by atoms with Gasteiger partial charge >= 0.3 is 0 Å². The van der Waals surface area contributed by atoms with E-state index in [-0.39, 0.29) is 29.5 Å². The monoisotopic (exact) mass is 336 g/mol. The molecule has 0 aromatic carbocycles. The van der Waals surface area contributed by atoms with E-state index in [4.69, 9.17) is 4.42 Å². The van der Waals surface area contributed by atoms with Gasteiger partial charge in [0.25, 0.3) is 0 Å². The van der Waals surface area contributed by atoms with Crippen molar-refractivity contribution in [1.29, 1.82) is 0 Å². The van der Waals surface area contributed by atoms with Crippen LogP contribution in [-0.2, 0) is 26.4 Å². The standard InChI is InChI=1S/C12H20N2O5S2/c1-3-13-9-11-8-12(10(2)19-11)21(17,18)14-4-6-20(15,16)7-5-14/h8,13H,3-7,9H2,1-2H3. The molecule has 0 radical (unpaired) electrons. The number of nitrogens with zero attached hydrogens (tertiary/aromatic N) is 1. The Kier molecular flexibility index (Phi) is 4.76. The van der Waals surface area contributed by atoms with E-state index < -0.39 is 19.9 Å². The van der Waals surface area contributed by atoms with E-state index in [1.807, 2.05) is 6.92 Å². The molecule has 1 aliphatic rings. The molecule has 0 amide bonds. The van der Waals surface area contributed by atoms with Crippen LogP contribution in [0.5, 0.6) is 0 Å². The molecule has 0 aliphatic carbocycles. The molecule has 0 bridgehead atoms. The van der Waals surface area contributed by atoms with Crippen LogP contribution in [0.2, 0.25) is 0 Å². The van der Waals surface area contributed by atoms with E-state index in [1.54, 1.807) is 6.92 Å². The zero-order chi connectivity index (χ0) is 15.7. The minimum Gasteiger partial charge on any atom is -0.464 e. The number of nitrogens with one attached hydrogen (secondary N) is 1. The number of sulfonamides is 1. The summed E-state index contributed by atoms with van der Waals surface area (Å²) in [5.74, 6) is 0.620. The summed E-state index contributed by atoms with van der Waals surface area (Å²) >= 11 is 0. The van der Waals surface area contributed by atoms with Gasteiger partial charge in [0, 0.05) is 19.2 Å². The Labute approximate surface area is 125 Å². The summed E-state index contributed by atoms with van der Waals surface area (Å²) in [5, 5.41) is 3.07. The van der Waals surface area contributed by atoms with Crippen molar-refractivity contribution in [2.45, 2.75) is 25.3 Å². The van der Waals surface area contributed by atoms with Crippen LogP contribution in [0.4, 0.5) is 0 Å². The van der Waals surface area contributed by atoms with E-state index in [1.165, 1.54) is 10.4 Å². The minimum atomic E-state index is -3.70. The maximum Gasteiger partial charge on any atom is 0.246 e. The molecule has 1 N–H and O–H groups in total. The van der Waals surface area contributed by atoms with Crippen molar-refractivity contribution in [3.8, 4) is 0 Å². The summed E-state index contributed by atoms with van der Waals surface area (Å²) in [4.78, 5) is 0.120. The molecule has 7 nitrogen and oxygen atoms in total. The van der Waals surface area contributed by atoms with Crippen molar-refractivity contribution in [3.63, 3.8) is 0 Å². The molecule has 1 fully saturated rings. The smallest absolute Gasteiger partial charge is 0.246 e. The molecule has 1 aliphatic heterocycles. The summed E-state index contributed by atoms with van der Waals surface area (Å²) < 4.78 is 54.6. The predicted molar refractivity (Wildman–Crippen MR) is 78.2 cm³/mol. The first-order chi connectivity index (χ1) is 9.76. The van der Waals surface area contributed by atoms with Crippen molar-refractivity contribution in [2.75, 3.05) is 31.1 Å². The van der Waals surface area contributed by atoms with Crippen LogP contribution in [0.3, 0.4) is 0 Å². The highest BCUT2D eigenvalue weighted by molar-refractivity contribution is 7.92. The van der Waals surface area contributed by atoms with E-state index in [0.717, 1.165) is 6.54 Å². The summed E-state index contributed by atoms with van der Waals surface area (Å²) in [7, 11) is -6.81. The molecule has 21 heavy (non-hydrogen) atoms. The topological polar surface area (TPSA) is 96.7 Å². The molecule has 0 saturated carbocycles. The Hall–Kier alpha value is -0.900. The fourth-order valence-electron chi connectivity index (χ4n) is 2.19. The largest absolute Gasteiger partial charge is 0.464 e. The highest BCUT2D eigenvalue weighted by atomic mass is 32.2. The van der Waals surface area contributed by atoms with Crippen molar-refractivity contribution >= 4 is 19.9 Å². The SMILES string of the molecule is CCNCc1cc(S(=O)(=O)N2CCS(=O)(=O)CC2)c(C)o1. The quantitative estimate of drug-likeness (QED) is 0.820. The van der Waals surface area contributed by atoms with Gasteiger partial charge in [-0.2, -0.15) is 4.31 Å². The van der Waals surface area contributed by atoms with Gasteiger partial charge in [-0.05, 0) is 13.5 Å². The van der Waals surface area contributed by atoms with Crippen molar-refractivity contribution < 1.29 is 21.3 Å². The molecule has 0 atom stereocenters. The van der Waals surface area contributed by atoms with Gasteiger partial charge in [0.1, 0.15) is 16.4 Å². The molecule has 1 aromatic rings. The molecule has 1 aromatic heterocycles. The summed E-state index contributed by atoms with van der Waals surface area (Å²) in [6, 6.07) is 1.51. The second kappa shape index (κ2) is 6.07. The maximum absolute atomic E-state index is 12.6. The summed E-state index contributed by atoms with van der Waals surface area (Å²) in [5.41, 5.74) is 0. The third kappa shape index (κ3) is 3.65. The van der Waals surface area contributed by atoms with Crippen LogP contribution in [0.15, 0.2) is 15.4 Å². The fraction of sp³-hybridized carbons (Fsp3) is 0.667. The van der Waals surface area contributed by atoms with Crippen LogP contribution in [0.1, 0.15) is 18.4 Å². The van der Waals surface area contributed by atoms with Gasteiger partial charge in [-0.1, -0.05) is 6.92 Å². The van der Waals surface area contributed by atoms with Crippen LogP contribution in [0, 0.1) is 6.92 Å². The molecular formula is C12H20N2O5S2. The highest BCUT2D eigenvalue weighted by Gasteiger charge is 2.33. The lowest BCUT2D eigenvalue weighted by Crippen LogP contribution is -2.43. The van der Waals surface area contributed by atoms with Crippen LogP contribution in [0.25, 0.3) is 0 Å². The van der Waals surface area contributed by atoms with Gasteiger partial charge in [-0.15, -0.1) is 0 Å². The van der Waals surface area contributed by atoms with Crippen LogP contribution in [-0.4, -0.2) is 52.3 Å². The molecule has 0 unspecified atom stereocenters. The number of rotatable bonds is 5. The maximum atomic E-state index is 12.6. The predicted octanol–water partition coefficient (Wildman–Crippen LogP) is 0.117. The van der Waals surface area contributed by atoms with E-state index in [0.29, 0.717) is 18.1 Å². The molecule has 1 saturated heterocycles. The average molecular weight is 336 g/mol. The van der Waals surface area contributed by atoms with Crippen LogP contribution >= 0.6 is 0 Å². The highest BCUT2D eigenvalue weighted by Crippen LogP contribution is 2.24. The average Bonchev–Trinajstić information content (AvgIpc) is 2.78. The zero-order valence-electron chi connectivity index (χ0n) is 12.1. The number of sulfone groups is 1. The van der Waals surface area contributed by atoms with E-state index in [9.17, 15) is 16.8 Å². The molecule has 2 heterocycles. The van der Waals surface area contributed by atoms with E-state index >= 15 is 0 Å². The van der Waals surface area contributed by atoms with Crippen molar-refractivity contribution in [1.82, 2.24) is 9.62 Å². The molecule has 9 heteroatoms. The molecule has 2 rings (SSSR count). The first-order valence-electron chi connectivity index (χ1n) is 6.77. The second-order valence-corrected chi connectivity index (χ2v) is 9.18. The lowest BCUT2D eigenvalue weighted by molar-refractivity contribution is 0.426. The zero-order valence-corrected chi connectivity index (χ0v) is 13.8. The lowest BCUT2D eigenvalue weighted by Gasteiger charge is -2.25. The first-order valence-corrected chi connectivity index (χ1v) is 10.0. The Morgan fingerprint density at radius 1 is 1.33 bits per heavy atom. The van der Waals surface area contributed by atoms with Crippen molar-refractivity contribution in [2.24, 2.45) is 0 Å². The van der Waals surface area contributed by atoms with Gasteiger partial charge in [-0.3, -0.25) is 0 Å². The second-order valence-electron chi connectivity index (χ2n) is 4.97. The van der Waals surface area contributed by atoms with Crippen LogP contribution < -0.4 is 5.32 Å². The number of furan rings is 1. The number of hydrogen-bond donors (Lipinski definition) is 1. The van der Waals surface area contributed by atoms with Gasteiger partial charge in [-0.25, -0.2) is 16.8 Å². The lowest BCUT2D eigenvalue weighted by atomic mass is 10.4. The minimum absolute atomic E-state index is 0.00215. The Morgan fingerprint density at radius 3 is 2.52 bits per heavy atom. The Morgan fingerprint density at radius 2 is 1.95 bits per heavy atom.